The minimum Gasteiger partial charge on any atom is -0.335 e. The number of nitrogens with zero attached hydrogens (tertiary/aromatic N) is 4. The van der Waals surface area contributed by atoms with E-state index in [1.54, 1.807) is 33.3 Å². The van der Waals surface area contributed by atoms with Gasteiger partial charge in [0.25, 0.3) is 0 Å². The Kier molecular flexibility index (Phi) is 7.83. The van der Waals surface area contributed by atoms with E-state index in [4.69, 9.17) is 0 Å². The summed E-state index contributed by atoms with van der Waals surface area (Å²) in [6, 6.07) is 19.2. The molecule has 3 amide bonds. The smallest absolute Gasteiger partial charge is 0.241 e. The van der Waals surface area contributed by atoms with Crippen LogP contribution in [-0.4, -0.2) is 46.2 Å². The zero-order valence-corrected chi connectivity index (χ0v) is 23.9. The third kappa shape index (κ3) is 5.68. The van der Waals surface area contributed by atoms with Crippen LogP contribution in [0.1, 0.15) is 49.9 Å². The van der Waals surface area contributed by atoms with Crippen LogP contribution in [0.5, 0.6) is 0 Å². The van der Waals surface area contributed by atoms with Crippen molar-refractivity contribution in [2.75, 3.05) is 23.8 Å². The number of rotatable bonds is 8. The van der Waals surface area contributed by atoms with E-state index < -0.39 is 5.41 Å². The fourth-order valence-corrected chi connectivity index (χ4v) is 5.44. The van der Waals surface area contributed by atoms with Crippen molar-refractivity contribution in [2.24, 2.45) is 5.41 Å². The number of hydrogen-bond donors (Lipinski definition) is 1. The largest absolute Gasteiger partial charge is 0.335 e. The monoisotopic (exact) mass is 549 g/mol. The van der Waals surface area contributed by atoms with Crippen molar-refractivity contribution in [3.63, 3.8) is 0 Å². The van der Waals surface area contributed by atoms with Gasteiger partial charge in [-0.15, -0.1) is 0 Å². The van der Waals surface area contributed by atoms with Gasteiger partial charge >= 0.3 is 0 Å². The molecule has 210 valence electrons. The van der Waals surface area contributed by atoms with Gasteiger partial charge in [0.15, 0.2) is 0 Å². The SMILES string of the molecule is CCC(c1ccc2c(c1)N(C)C(=O)C(C)(C)C(=O)N2)N(CCc1cccnc1)C(=O)Cc1ccc2ncccc2c1. The number of hydrogen-bond acceptors (Lipinski definition) is 5. The Morgan fingerprint density at radius 2 is 1.83 bits per heavy atom. The Morgan fingerprint density at radius 3 is 2.59 bits per heavy atom. The molecule has 1 atom stereocenters. The first-order valence-corrected chi connectivity index (χ1v) is 13.9. The highest BCUT2D eigenvalue weighted by molar-refractivity contribution is 6.19. The Hall–Kier alpha value is -4.59. The van der Waals surface area contributed by atoms with Gasteiger partial charge in [-0.3, -0.25) is 24.4 Å². The molecule has 3 heterocycles. The lowest BCUT2D eigenvalue weighted by Crippen LogP contribution is -2.43. The zero-order chi connectivity index (χ0) is 29.1. The standard InChI is InChI=1S/C33H35N5O3/c1-5-28(25-11-13-27-29(20-25)37(4)32(41)33(2,3)31(40)36-27)38(17-14-22-8-6-15-34-21-22)30(39)19-23-10-12-26-24(18-23)9-7-16-35-26/h6-13,15-16,18,20-21,28H,5,14,17,19H2,1-4H3,(H,36,40). The number of fused-ring (bicyclic) bond motifs is 2. The van der Waals surface area contributed by atoms with Crippen LogP contribution in [0.15, 0.2) is 79.3 Å². The van der Waals surface area contributed by atoms with Gasteiger partial charge in [0.2, 0.25) is 17.7 Å². The maximum atomic E-state index is 14.0. The average molecular weight is 550 g/mol. The summed E-state index contributed by atoms with van der Waals surface area (Å²) in [5.41, 5.74) is 3.77. The Labute approximate surface area is 240 Å². The molecule has 41 heavy (non-hydrogen) atoms. The number of amides is 3. The van der Waals surface area contributed by atoms with Gasteiger partial charge in [-0.05, 0) is 79.8 Å². The molecule has 0 saturated carbocycles. The fourth-order valence-electron chi connectivity index (χ4n) is 5.44. The summed E-state index contributed by atoms with van der Waals surface area (Å²) in [5.74, 6) is -0.612. The van der Waals surface area contributed by atoms with Gasteiger partial charge in [0.1, 0.15) is 5.41 Å². The molecule has 0 saturated heterocycles. The molecule has 5 rings (SSSR count). The van der Waals surface area contributed by atoms with Gasteiger partial charge in [0, 0.05) is 37.6 Å². The molecule has 2 aromatic heterocycles. The van der Waals surface area contributed by atoms with Crippen LogP contribution in [-0.2, 0) is 27.2 Å². The predicted molar refractivity (Wildman–Crippen MR) is 160 cm³/mol. The van der Waals surface area contributed by atoms with E-state index in [0.29, 0.717) is 30.8 Å². The molecular weight excluding hydrogens is 514 g/mol. The summed E-state index contributed by atoms with van der Waals surface area (Å²) in [6.07, 6.45) is 6.91. The Balaban J connectivity index is 1.48. The summed E-state index contributed by atoms with van der Waals surface area (Å²) >= 11 is 0. The van der Waals surface area contributed by atoms with Crippen LogP contribution < -0.4 is 10.2 Å². The number of carbonyl (C=O) groups is 3. The van der Waals surface area contributed by atoms with Gasteiger partial charge in [-0.2, -0.15) is 0 Å². The first-order valence-electron chi connectivity index (χ1n) is 13.9. The molecule has 1 aliphatic heterocycles. The average Bonchev–Trinajstić information content (AvgIpc) is 3.04. The Bertz CT molecular complexity index is 1600. The maximum Gasteiger partial charge on any atom is 0.241 e. The normalized spacial score (nSPS) is 15.2. The highest BCUT2D eigenvalue weighted by Crippen LogP contribution is 2.38. The molecular formula is C33H35N5O3. The van der Waals surface area contributed by atoms with Crippen molar-refractivity contribution in [1.82, 2.24) is 14.9 Å². The van der Waals surface area contributed by atoms with Gasteiger partial charge in [-0.1, -0.05) is 31.2 Å². The highest BCUT2D eigenvalue weighted by Gasteiger charge is 2.42. The first kappa shape index (κ1) is 28.0. The molecule has 0 bridgehead atoms. The number of aromatic nitrogens is 2. The second-order valence-corrected chi connectivity index (χ2v) is 11.0. The molecule has 8 nitrogen and oxygen atoms in total. The topological polar surface area (TPSA) is 95.5 Å². The van der Waals surface area contributed by atoms with E-state index in [2.05, 4.69) is 22.2 Å². The zero-order valence-electron chi connectivity index (χ0n) is 23.9. The second-order valence-electron chi connectivity index (χ2n) is 11.0. The Morgan fingerprint density at radius 1 is 1.02 bits per heavy atom. The molecule has 0 aliphatic carbocycles. The van der Waals surface area contributed by atoms with Crippen LogP contribution in [0.25, 0.3) is 10.9 Å². The van der Waals surface area contributed by atoms with Crippen LogP contribution in [0.3, 0.4) is 0 Å². The van der Waals surface area contributed by atoms with Gasteiger partial charge in [-0.25, -0.2) is 0 Å². The quantitative estimate of drug-likeness (QED) is 0.300. The van der Waals surface area contributed by atoms with E-state index in [1.807, 2.05) is 71.8 Å². The van der Waals surface area contributed by atoms with Crippen molar-refractivity contribution >= 4 is 40.0 Å². The number of nitrogens with one attached hydrogen (secondary N) is 1. The van der Waals surface area contributed by atoms with Gasteiger partial charge < -0.3 is 15.1 Å². The van der Waals surface area contributed by atoms with Crippen molar-refractivity contribution in [3.8, 4) is 0 Å². The molecule has 1 aliphatic rings. The highest BCUT2D eigenvalue weighted by atomic mass is 16.2. The molecule has 0 spiro atoms. The second kappa shape index (κ2) is 11.5. The van der Waals surface area contributed by atoms with E-state index in [9.17, 15) is 14.4 Å². The van der Waals surface area contributed by atoms with Gasteiger partial charge in [0.05, 0.1) is 29.4 Å². The van der Waals surface area contributed by atoms with Crippen molar-refractivity contribution in [2.45, 2.75) is 46.1 Å². The summed E-state index contributed by atoms with van der Waals surface area (Å²) in [7, 11) is 1.69. The predicted octanol–water partition coefficient (Wildman–Crippen LogP) is 5.34. The lowest BCUT2D eigenvalue weighted by molar-refractivity contribution is -0.136. The summed E-state index contributed by atoms with van der Waals surface area (Å²) < 4.78 is 0. The summed E-state index contributed by atoms with van der Waals surface area (Å²) in [4.78, 5) is 52.1. The van der Waals surface area contributed by atoms with Crippen LogP contribution in [0.2, 0.25) is 0 Å². The third-order valence-electron chi connectivity index (χ3n) is 7.89. The van der Waals surface area contributed by atoms with Crippen molar-refractivity contribution in [3.05, 3.63) is 95.9 Å². The minimum atomic E-state index is -1.20. The van der Waals surface area contributed by atoms with Crippen molar-refractivity contribution < 1.29 is 14.4 Å². The van der Waals surface area contributed by atoms with Crippen LogP contribution in [0, 0.1) is 5.41 Å². The molecule has 4 aromatic rings. The molecule has 1 N–H and O–H groups in total. The molecule has 1 unspecified atom stereocenters. The first-order chi connectivity index (χ1) is 19.7. The molecule has 2 aromatic carbocycles. The van der Waals surface area contributed by atoms with E-state index in [1.165, 1.54) is 4.90 Å². The van der Waals surface area contributed by atoms with E-state index in [0.717, 1.165) is 27.6 Å². The summed E-state index contributed by atoms with van der Waals surface area (Å²) in [6.45, 7) is 5.82. The maximum absolute atomic E-state index is 14.0. The lowest BCUT2D eigenvalue weighted by atomic mass is 9.91. The lowest BCUT2D eigenvalue weighted by Gasteiger charge is -2.33. The van der Waals surface area contributed by atoms with Crippen LogP contribution >= 0.6 is 0 Å². The fraction of sp³-hybridized carbons (Fsp3) is 0.303. The minimum absolute atomic E-state index is 0.0118. The molecule has 0 radical (unpaired) electrons. The third-order valence-corrected chi connectivity index (χ3v) is 7.89. The van der Waals surface area contributed by atoms with E-state index in [-0.39, 0.29) is 30.2 Å². The van der Waals surface area contributed by atoms with Crippen LogP contribution in [0.4, 0.5) is 11.4 Å². The summed E-state index contributed by atoms with van der Waals surface area (Å²) in [5, 5.41) is 3.91. The number of benzene rings is 2. The molecule has 8 heteroatoms. The number of pyridine rings is 2. The number of anilines is 2. The van der Waals surface area contributed by atoms with E-state index >= 15 is 0 Å². The molecule has 0 fully saturated rings. The number of carbonyl (C=O) groups excluding carboxylic acids is 3. The van der Waals surface area contributed by atoms with Crippen molar-refractivity contribution in [1.29, 1.82) is 0 Å².